The summed E-state index contributed by atoms with van der Waals surface area (Å²) in [4.78, 5) is 4.10. The fourth-order valence-corrected chi connectivity index (χ4v) is 3.51. The molecule has 27 heavy (non-hydrogen) atoms. The van der Waals surface area contributed by atoms with Crippen molar-refractivity contribution in [2.24, 2.45) is 15.9 Å². The van der Waals surface area contributed by atoms with Crippen LogP contribution in [0.25, 0.3) is 0 Å². The van der Waals surface area contributed by atoms with Crippen molar-refractivity contribution < 1.29 is 20.1 Å². The van der Waals surface area contributed by atoms with Crippen LogP contribution in [0.4, 0.5) is 0 Å². The molecule has 0 unspecified atom stereocenters. The van der Waals surface area contributed by atoms with Crippen LogP contribution >= 0.6 is 11.6 Å². The van der Waals surface area contributed by atoms with Crippen molar-refractivity contribution in [3.63, 3.8) is 0 Å². The number of nitrogens with two attached hydrogens (primary N) is 1. The Balaban J connectivity index is 1.62. The highest BCUT2D eigenvalue weighted by Crippen LogP contribution is 2.37. The van der Waals surface area contributed by atoms with E-state index in [1.165, 1.54) is 10.9 Å². The molecule has 2 aromatic rings. The molecule has 0 aliphatic carbocycles. The molecule has 10 heteroatoms. The number of aliphatic hydroxyl groups is 3. The number of aromatic nitrogens is 2. The fraction of sp³-hybridized carbons (Fsp3) is 0.353. The van der Waals surface area contributed by atoms with Gasteiger partial charge < -0.3 is 25.9 Å². The molecule has 1 aromatic carbocycles. The first kappa shape index (κ1) is 18.1. The molecule has 2 aliphatic rings. The molecule has 142 valence electrons. The predicted octanol–water partition coefficient (Wildman–Crippen LogP) is 0.136. The highest BCUT2D eigenvalue weighted by atomic mass is 35.5. The Morgan fingerprint density at radius 2 is 2.00 bits per heavy atom. The monoisotopic (exact) mass is 391 g/mol. The molecule has 2 aliphatic heterocycles. The van der Waals surface area contributed by atoms with Gasteiger partial charge in [-0.15, -0.1) is 0 Å². The number of hydrogen-bond donors (Lipinski definition) is 4. The van der Waals surface area contributed by atoms with Crippen LogP contribution in [0.5, 0.6) is 0 Å². The topological polar surface area (TPSA) is 138 Å². The van der Waals surface area contributed by atoms with Crippen LogP contribution in [0.1, 0.15) is 29.2 Å². The molecule has 5 atom stereocenters. The standard InChI is InChI=1S/C17H18ClN5O4/c18-9-3-1-8(2-4-9)12(24)15-13(25)14(26)17(27-15)23-11-5-6-20-16(22-19)10(11)7-21-23/h1-4,6-7,12-15,17,24-26H,5,19H2/b22-16+/t12-,13+,14-,15-,17-/m1/s1. The van der Waals surface area contributed by atoms with E-state index in [2.05, 4.69) is 15.2 Å². The SMILES string of the molecule is N/N=C1/N=CCc2c1cnn2[C@@H]1O[C@H]([C@H](O)c2ccc(Cl)cc2)[C@@H](O)[C@H]1O. The van der Waals surface area contributed by atoms with Crippen LogP contribution in [0.2, 0.25) is 5.02 Å². The Hall–Kier alpha value is -2.30. The van der Waals surface area contributed by atoms with Gasteiger partial charge in [0, 0.05) is 17.7 Å². The smallest absolute Gasteiger partial charge is 0.181 e. The van der Waals surface area contributed by atoms with Gasteiger partial charge in [0.2, 0.25) is 0 Å². The van der Waals surface area contributed by atoms with E-state index in [-0.39, 0.29) is 0 Å². The van der Waals surface area contributed by atoms with E-state index < -0.39 is 30.6 Å². The molecule has 1 saturated heterocycles. The summed E-state index contributed by atoms with van der Waals surface area (Å²) in [5.74, 6) is 5.67. The van der Waals surface area contributed by atoms with E-state index in [9.17, 15) is 15.3 Å². The lowest BCUT2D eigenvalue weighted by atomic mass is 9.99. The third kappa shape index (κ3) is 3.03. The van der Waals surface area contributed by atoms with Gasteiger partial charge in [0.05, 0.1) is 17.5 Å². The van der Waals surface area contributed by atoms with Gasteiger partial charge in [-0.3, -0.25) is 0 Å². The van der Waals surface area contributed by atoms with Gasteiger partial charge in [-0.1, -0.05) is 23.7 Å². The van der Waals surface area contributed by atoms with Crippen LogP contribution < -0.4 is 5.84 Å². The maximum atomic E-state index is 10.6. The van der Waals surface area contributed by atoms with Gasteiger partial charge in [0.15, 0.2) is 12.1 Å². The first-order chi connectivity index (χ1) is 13.0. The van der Waals surface area contributed by atoms with Crippen molar-refractivity contribution >= 4 is 23.7 Å². The number of rotatable bonds is 3. The summed E-state index contributed by atoms with van der Waals surface area (Å²) in [5, 5.41) is 39.9. The van der Waals surface area contributed by atoms with Gasteiger partial charge in [0.1, 0.15) is 24.4 Å². The lowest BCUT2D eigenvalue weighted by Crippen LogP contribution is -2.35. The molecular weight excluding hydrogens is 374 g/mol. The normalized spacial score (nSPS) is 29.9. The largest absolute Gasteiger partial charge is 0.387 e. The minimum absolute atomic E-state index is 0.327. The van der Waals surface area contributed by atoms with Crippen LogP contribution in [0.15, 0.2) is 40.6 Å². The number of aliphatic hydroxyl groups excluding tert-OH is 3. The van der Waals surface area contributed by atoms with Crippen molar-refractivity contribution in [2.45, 2.75) is 37.1 Å². The van der Waals surface area contributed by atoms with Crippen LogP contribution in [-0.2, 0) is 11.2 Å². The highest BCUT2D eigenvalue weighted by molar-refractivity contribution is 6.30. The van der Waals surface area contributed by atoms with E-state index >= 15 is 0 Å². The summed E-state index contributed by atoms with van der Waals surface area (Å²) < 4.78 is 7.28. The second-order valence-corrected chi connectivity index (χ2v) is 6.82. The minimum atomic E-state index is -1.31. The molecule has 0 amide bonds. The zero-order chi connectivity index (χ0) is 19.1. The van der Waals surface area contributed by atoms with Gasteiger partial charge in [0.25, 0.3) is 0 Å². The van der Waals surface area contributed by atoms with Gasteiger partial charge in [-0.25, -0.2) is 9.67 Å². The van der Waals surface area contributed by atoms with Crippen molar-refractivity contribution in [3.8, 4) is 0 Å². The quantitative estimate of drug-likeness (QED) is 0.433. The van der Waals surface area contributed by atoms with E-state index in [1.807, 2.05) is 0 Å². The second-order valence-electron chi connectivity index (χ2n) is 6.39. The van der Waals surface area contributed by atoms with Crippen molar-refractivity contribution in [3.05, 3.63) is 52.3 Å². The number of ether oxygens (including phenoxy) is 1. The molecule has 5 N–H and O–H groups in total. The van der Waals surface area contributed by atoms with E-state index in [0.717, 1.165) is 0 Å². The van der Waals surface area contributed by atoms with Crippen LogP contribution in [-0.4, -0.2) is 55.5 Å². The zero-order valence-electron chi connectivity index (χ0n) is 14.1. The number of benzene rings is 1. The highest BCUT2D eigenvalue weighted by Gasteiger charge is 2.48. The summed E-state index contributed by atoms with van der Waals surface area (Å²) in [7, 11) is 0. The third-order valence-corrected chi connectivity index (χ3v) is 5.05. The van der Waals surface area contributed by atoms with Gasteiger partial charge >= 0.3 is 0 Å². The van der Waals surface area contributed by atoms with E-state index in [1.54, 1.807) is 30.5 Å². The van der Waals surface area contributed by atoms with E-state index in [0.29, 0.717) is 34.1 Å². The number of fused-ring (bicyclic) bond motifs is 1. The van der Waals surface area contributed by atoms with Gasteiger partial charge in [-0.05, 0) is 17.7 Å². The molecule has 9 nitrogen and oxygen atoms in total. The number of hydrazone groups is 1. The number of amidine groups is 1. The molecule has 4 rings (SSSR count). The zero-order valence-corrected chi connectivity index (χ0v) is 14.8. The molecule has 0 bridgehead atoms. The molecule has 0 radical (unpaired) electrons. The average molecular weight is 392 g/mol. The summed E-state index contributed by atoms with van der Waals surface area (Å²) >= 11 is 5.87. The number of hydrogen-bond acceptors (Lipinski definition) is 7. The fourth-order valence-electron chi connectivity index (χ4n) is 3.39. The molecule has 3 heterocycles. The van der Waals surface area contributed by atoms with E-state index in [4.69, 9.17) is 22.2 Å². The number of nitrogens with zero attached hydrogens (tertiary/aromatic N) is 4. The Labute approximate surface area is 159 Å². The Bertz CT molecular complexity index is 897. The number of halogens is 1. The van der Waals surface area contributed by atoms with Crippen LogP contribution in [0.3, 0.4) is 0 Å². The van der Waals surface area contributed by atoms with Crippen molar-refractivity contribution in [1.82, 2.24) is 9.78 Å². The second kappa shape index (κ2) is 7.02. The summed E-state index contributed by atoms with van der Waals surface area (Å²) in [6.45, 7) is 0. The number of aliphatic imine (C=N–C) groups is 1. The first-order valence-corrected chi connectivity index (χ1v) is 8.71. The van der Waals surface area contributed by atoms with Crippen molar-refractivity contribution in [1.29, 1.82) is 0 Å². The summed E-state index contributed by atoms with van der Waals surface area (Å²) in [5.41, 5.74) is 1.85. The maximum absolute atomic E-state index is 10.6. The minimum Gasteiger partial charge on any atom is -0.387 e. The molecule has 1 fully saturated rings. The third-order valence-electron chi connectivity index (χ3n) is 4.80. The first-order valence-electron chi connectivity index (χ1n) is 8.33. The summed E-state index contributed by atoms with van der Waals surface area (Å²) in [6.07, 6.45) is -2.13. The van der Waals surface area contributed by atoms with Gasteiger partial charge in [-0.2, -0.15) is 10.2 Å². The van der Waals surface area contributed by atoms with Crippen LogP contribution in [0, 0.1) is 0 Å². The Kier molecular flexibility index (Phi) is 4.70. The molecule has 1 aromatic heterocycles. The maximum Gasteiger partial charge on any atom is 0.181 e. The molecular formula is C17H18ClN5O4. The predicted molar refractivity (Wildman–Crippen MR) is 97.5 cm³/mol. The summed E-state index contributed by atoms with van der Waals surface area (Å²) in [6, 6.07) is 6.54. The lowest BCUT2D eigenvalue weighted by molar-refractivity contribution is -0.0903. The Morgan fingerprint density at radius 3 is 2.70 bits per heavy atom. The lowest BCUT2D eigenvalue weighted by Gasteiger charge is -2.21. The van der Waals surface area contributed by atoms with Crippen molar-refractivity contribution in [2.75, 3.05) is 0 Å². The molecule has 0 saturated carbocycles. The Morgan fingerprint density at radius 1 is 1.26 bits per heavy atom. The average Bonchev–Trinajstić information content (AvgIpc) is 3.23. The molecule has 0 spiro atoms.